The van der Waals surface area contributed by atoms with E-state index in [9.17, 15) is 0 Å². The lowest BCUT2D eigenvalue weighted by atomic mass is 10.3. The molecule has 7 heteroatoms. The van der Waals surface area contributed by atoms with E-state index in [4.69, 9.17) is 5.53 Å². The fourth-order valence-corrected chi connectivity index (χ4v) is 2.16. The van der Waals surface area contributed by atoms with Crippen LogP contribution in [0.1, 0.15) is 19.5 Å². The Kier molecular flexibility index (Phi) is 3.04. The number of aromatic amines is 2. The Hall–Kier alpha value is -1.63. The molecule has 16 heavy (non-hydrogen) atoms. The average molecular weight is 238 g/mol. The Labute approximate surface area is 97.2 Å². The smallest absolute Gasteiger partial charge is 0.189 e. The molecule has 0 spiro atoms. The van der Waals surface area contributed by atoms with Crippen molar-refractivity contribution in [1.29, 1.82) is 5.53 Å². The normalized spacial score (nSPS) is 10.6. The maximum Gasteiger partial charge on any atom is 0.189 e. The number of fused-ring (bicyclic) bond motifs is 1. The molecule has 2 aliphatic heterocycles. The van der Waals surface area contributed by atoms with E-state index in [1.54, 1.807) is 0 Å². The molecule has 0 unspecified atom stereocenters. The molecule has 0 atom stereocenters. The zero-order valence-electron chi connectivity index (χ0n) is 9.24. The largest absolute Gasteiger partial charge is 0.354 e. The molecule has 0 aromatic carbocycles. The molecule has 0 saturated heterocycles. The molecule has 0 aliphatic carbocycles. The molecular weight excluding hydrogens is 224 g/mol. The summed E-state index contributed by atoms with van der Waals surface area (Å²) in [5.41, 5.74) is 8.87. The van der Waals surface area contributed by atoms with Crippen molar-refractivity contribution in [3.63, 3.8) is 0 Å². The van der Waals surface area contributed by atoms with Crippen molar-refractivity contribution in [1.82, 2.24) is 18.3 Å². The van der Waals surface area contributed by atoms with Gasteiger partial charge in [0.15, 0.2) is 11.6 Å². The van der Waals surface area contributed by atoms with Crippen LogP contribution >= 0.6 is 11.7 Å². The van der Waals surface area contributed by atoms with Crippen LogP contribution in [0.15, 0.2) is 11.3 Å². The average Bonchev–Trinajstić information content (AvgIpc) is 2.36. The van der Waals surface area contributed by atoms with Crippen molar-refractivity contribution in [2.24, 2.45) is 5.11 Å². The second-order valence-electron chi connectivity index (χ2n) is 3.29. The van der Waals surface area contributed by atoms with Crippen molar-refractivity contribution >= 4 is 17.5 Å². The van der Waals surface area contributed by atoms with Gasteiger partial charge >= 0.3 is 0 Å². The van der Waals surface area contributed by atoms with Gasteiger partial charge in [-0.3, -0.25) is 8.33 Å². The van der Waals surface area contributed by atoms with E-state index in [1.807, 2.05) is 10.2 Å². The second kappa shape index (κ2) is 4.48. The van der Waals surface area contributed by atoms with Gasteiger partial charge in [-0.2, -0.15) is 0 Å². The first-order valence-corrected chi connectivity index (χ1v) is 5.94. The van der Waals surface area contributed by atoms with Gasteiger partial charge in [0.1, 0.15) is 5.69 Å². The van der Waals surface area contributed by atoms with Gasteiger partial charge in [-0.25, -0.2) is 10.5 Å². The van der Waals surface area contributed by atoms with Crippen molar-refractivity contribution in [3.05, 3.63) is 11.9 Å². The minimum Gasteiger partial charge on any atom is -0.354 e. The third kappa shape index (κ3) is 1.73. The van der Waals surface area contributed by atoms with Gasteiger partial charge in [0.2, 0.25) is 0 Å². The number of aryl methyl sites for hydroxylation is 2. The number of H-pyrrole nitrogens is 2. The van der Waals surface area contributed by atoms with E-state index in [0.29, 0.717) is 5.82 Å². The highest BCUT2D eigenvalue weighted by molar-refractivity contribution is 7.00. The van der Waals surface area contributed by atoms with Gasteiger partial charge in [-0.05, 0) is 13.3 Å². The summed E-state index contributed by atoms with van der Waals surface area (Å²) in [6.45, 7) is 4.96. The van der Waals surface area contributed by atoms with E-state index >= 15 is 0 Å². The molecule has 0 amide bonds. The lowest BCUT2D eigenvalue weighted by Gasteiger charge is -2.14. The third-order valence-corrected chi connectivity index (χ3v) is 3.28. The van der Waals surface area contributed by atoms with Crippen LogP contribution in [0, 0.1) is 5.53 Å². The first-order valence-electron chi connectivity index (χ1n) is 5.17. The van der Waals surface area contributed by atoms with E-state index in [0.717, 1.165) is 30.2 Å². The summed E-state index contributed by atoms with van der Waals surface area (Å²) in [6.07, 6.45) is 2.74. The first kappa shape index (κ1) is 10.9. The second-order valence-corrected chi connectivity index (χ2v) is 4.12. The lowest BCUT2D eigenvalue weighted by Crippen LogP contribution is -2.06. The van der Waals surface area contributed by atoms with Crippen LogP contribution in [0.5, 0.6) is 0 Å². The van der Waals surface area contributed by atoms with Crippen molar-refractivity contribution < 1.29 is 0 Å². The Morgan fingerprint density at radius 2 is 2.38 bits per heavy atom. The highest BCUT2D eigenvalue weighted by Gasteiger charge is 2.14. The van der Waals surface area contributed by atoms with Crippen molar-refractivity contribution in [3.8, 4) is 11.5 Å². The van der Waals surface area contributed by atoms with E-state index < -0.39 is 0 Å². The van der Waals surface area contributed by atoms with Crippen LogP contribution in [0.25, 0.3) is 11.5 Å². The Morgan fingerprint density at radius 1 is 1.56 bits per heavy atom. The van der Waals surface area contributed by atoms with Crippen molar-refractivity contribution in [2.45, 2.75) is 26.8 Å². The van der Waals surface area contributed by atoms with Crippen LogP contribution in [0.4, 0.5) is 5.82 Å². The minimum absolute atomic E-state index is 0.514. The van der Waals surface area contributed by atoms with E-state index in [2.05, 4.69) is 33.3 Å². The van der Waals surface area contributed by atoms with E-state index in [-0.39, 0.29) is 0 Å². The van der Waals surface area contributed by atoms with Gasteiger partial charge in [-0.1, -0.05) is 6.92 Å². The summed E-state index contributed by atoms with van der Waals surface area (Å²) in [5, 5.41) is 3.45. The zero-order chi connectivity index (χ0) is 11.5. The Morgan fingerprint density at radius 3 is 3.00 bits per heavy atom. The van der Waals surface area contributed by atoms with Crippen LogP contribution in [-0.4, -0.2) is 18.3 Å². The Bertz CT molecular complexity index is 500. The summed E-state index contributed by atoms with van der Waals surface area (Å²) in [6, 6.07) is 0. The monoisotopic (exact) mass is 238 g/mol. The summed E-state index contributed by atoms with van der Waals surface area (Å²) in [7, 11) is 0. The van der Waals surface area contributed by atoms with Crippen LogP contribution < -0.4 is 0 Å². The molecular formula is C9H14N6S. The quantitative estimate of drug-likeness (QED) is 0.705. The van der Waals surface area contributed by atoms with Crippen LogP contribution in [0.3, 0.4) is 0 Å². The number of hydrogen-bond donors (Lipinski definition) is 3. The summed E-state index contributed by atoms with van der Waals surface area (Å²) >= 11 is 1.41. The molecule has 3 N–H and O–H groups in total. The van der Waals surface area contributed by atoms with Gasteiger partial charge in [-0.15, -0.1) is 5.11 Å². The fourth-order valence-electron chi connectivity index (χ4n) is 1.47. The summed E-state index contributed by atoms with van der Waals surface area (Å²) in [4.78, 5) is 7.69. The maximum atomic E-state index is 7.10. The minimum atomic E-state index is 0.514. The summed E-state index contributed by atoms with van der Waals surface area (Å²) in [5.74, 6) is 1.36. The predicted molar refractivity (Wildman–Crippen MR) is 62.9 cm³/mol. The number of hydrogen-bond acceptors (Lipinski definition) is 4. The molecule has 6 nitrogen and oxygen atoms in total. The molecule has 0 fully saturated rings. The number of rotatable bonds is 3. The van der Waals surface area contributed by atoms with Crippen LogP contribution in [0.2, 0.25) is 0 Å². The van der Waals surface area contributed by atoms with Gasteiger partial charge in [0, 0.05) is 24.5 Å². The Balaban J connectivity index is 2.72. The van der Waals surface area contributed by atoms with Gasteiger partial charge in [0.05, 0.1) is 5.69 Å². The molecule has 0 aromatic rings. The molecule has 0 bridgehead atoms. The number of aromatic nitrogens is 4. The van der Waals surface area contributed by atoms with E-state index in [1.165, 1.54) is 11.7 Å². The highest BCUT2D eigenvalue weighted by atomic mass is 32.1. The SMILES string of the molecule is CCc1c[nH]c2c(N=N)[nH]sn(CC)c-2n1. The number of nitrogens with zero attached hydrogens (tertiary/aromatic N) is 3. The molecule has 0 radical (unpaired) electrons. The van der Waals surface area contributed by atoms with Crippen LogP contribution in [-0.2, 0) is 13.0 Å². The number of nitrogens with one attached hydrogen (secondary N) is 3. The molecule has 0 saturated carbocycles. The fraction of sp³-hybridized carbons (Fsp3) is 0.444. The molecule has 0 aromatic heterocycles. The molecule has 2 aliphatic rings. The van der Waals surface area contributed by atoms with Gasteiger partial charge in [0.25, 0.3) is 0 Å². The summed E-state index contributed by atoms with van der Waals surface area (Å²) < 4.78 is 5.02. The van der Waals surface area contributed by atoms with Gasteiger partial charge < -0.3 is 4.98 Å². The lowest BCUT2D eigenvalue weighted by molar-refractivity contribution is 0.798. The highest BCUT2D eigenvalue weighted by Crippen LogP contribution is 2.27. The predicted octanol–water partition coefficient (Wildman–Crippen LogP) is 3.07. The molecule has 2 heterocycles. The molecule has 86 valence electrons. The zero-order valence-corrected chi connectivity index (χ0v) is 10.1. The van der Waals surface area contributed by atoms with Crippen molar-refractivity contribution in [2.75, 3.05) is 0 Å². The third-order valence-electron chi connectivity index (χ3n) is 2.34. The first-order chi connectivity index (χ1) is 7.80. The molecule has 2 rings (SSSR count). The standard InChI is InChI=1S/C9H14N6S/c1-3-6-5-11-7-8(13-10)14-16-15(4-2)9(7)12-6/h5,10-11,14H,3-4H2,1-2H3. The maximum absolute atomic E-state index is 7.10. The topological polar surface area (TPSA) is 85.6 Å².